The van der Waals surface area contributed by atoms with E-state index in [1.165, 1.54) is 11.3 Å². The monoisotopic (exact) mass is 429 g/mol. The van der Waals surface area contributed by atoms with Crippen LogP contribution in [-0.2, 0) is 12.7 Å². The molecule has 30 heavy (non-hydrogen) atoms. The van der Waals surface area contributed by atoms with E-state index in [2.05, 4.69) is 15.3 Å². The minimum atomic E-state index is -4.45. The summed E-state index contributed by atoms with van der Waals surface area (Å²) in [4.78, 5) is 20.5. The molecule has 2 aromatic heterocycles. The minimum absolute atomic E-state index is 0.0241. The van der Waals surface area contributed by atoms with Gasteiger partial charge in [-0.2, -0.15) is 13.2 Å². The predicted octanol–water partition coefficient (Wildman–Crippen LogP) is 5.43. The molecule has 1 amide bonds. The number of carbonyl (C=O) groups excluding carboxylic acids is 1. The first-order valence-electron chi connectivity index (χ1n) is 8.82. The average Bonchev–Trinajstić information content (AvgIpc) is 3.15. The predicted molar refractivity (Wildman–Crippen MR) is 107 cm³/mol. The lowest BCUT2D eigenvalue weighted by Gasteiger charge is -2.08. The van der Waals surface area contributed by atoms with Crippen LogP contribution in [0.2, 0.25) is 0 Å². The number of nitrogens with one attached hydrogen (secondary N) is 1. The molecule has 0 fully saturated rings. The van der Waals surface area contributed by atoms with Crippen molar-refractivity contribution < 1.29 is 22.7 Å². The van der Waals surface area contributed by atoms with Gasteiger partial charge in [0.1, 0.15) is 10.8 Å². The number of ether oxygens (including phenoxy) is 1. The number of pyridine rings is 1. The van der Waals surface area contributed by atoms with Gasteiger partial charge in [-0.25, -0.2) is 9.97 Å². The summed E-state index contributed by atoms with van der Waals surface area (Å²) in [6, 6.07) is 16.0. The van der Waals surface area contributed by atoms with Crippen molar-refractivity contribution in [3.63, 3.8) is 0 Å². The standard InChI is InChI=1S/C21H14F3N3O2S/c22-21(23,24)14-7-10-18(25-11-14)29-15-8-5-13(6-9-15)20(28)26-12-19-27-16-3-1-2-4-17(16)30-19/h1-11H,12H2,(H,26,28). The van der Waals surface area contributed by atoms with Crippen LogP contribution in [0.25, 0.3) is 10.2 Å². The van der Waals surface area contributed by atoms with E-state index in [0.717, 1.165) is 27.4 Å². The maximum absolute atomic E-state index is 12.6. The highest BCUT2D eigenvalue weighted by Gasteiger charge is 2.30. The second kappa shape index (κ2) is 8.11. The Morgan fingerprint density at radius 2 is 1.80 bits per heavy atom. The Bertz CT molecular complexity index is 1140. The van der Waals surface area contributed by atoms with Crippen LogP contribution in [0.3, 0.4) is 0 Å². The normalized spacial score (nSPS) is 11.4. The number of para-hydroxylation sites is 1. The Balaban J connectivity index is 1.36. The number of thiazole rings is 1. The van der Waals surface area contributed by atoms with Crippen molar-refractivity contribution in [2.24, 2.45) is 0 Å². The van der Waals surface area contributed by atoms with Crippen LogP contribution in [-0.4, -0.2) is 15.9 Å². The molecule has 4 aromatic rings. The van der Waals surface area contributed by atoms with Gasteiger partial charge in [-0.3, -0.25) is 4.79 Å². The van der Waals surface area contributed by atoms with Gasteiger partial charge in [0, 0.05) is 17.8 Å². The molecule has 0 unspecified atom stereocenters. The molecule has 0 spiro atoms. The van der Waals surface area contributed by atoms with Gasteiger partial charge in [-0.1, -0.05) is 12.1 Å². The highest BCUT2D eigenvalue weighted by Crippen LogP contribution is 2.30. The second-order valence-corrected chi connectivity index (χ2v) is 7.38. The maximum Gasteiger partial charge on any atom is 0.417 e. The summed E-state index contributed by atoms with van der Waals surface area (Å²) in [7, 11) is 0. The number of hydrogen-bond donors (Lipinski definition) is 1. The van der Waals surface area contributed by atoms with E-state index in [1.807, 2.05) is 24.3 Å². The summed E-state index contributed by atoms with van der Waals surface area (Å²) in [6.45, 7) is 0.311. The van der Waals surface area contributed by atoms with E-state index >= 15 is 0 Å². The fourth-order valence-electron chi connectivity index (χ4n) is 2.66. The molecule has 2 heterocycles. The number of benzene rings is 2. The van der Waals surface area contributed by atoms with Gasteiger partial charge in [0.2, 0.25) is 5.88 Å². The zero-order chi connectivity index (χ0) is 21.1. The average molecular weight is 429 g/mol. The molecule has 2 aromatic carbocycles. The Kier molecular flexibility index (Phi) is 5.37. The first-order chi connectivity index (χ1) is 14.4. The van der Waals surface area contributed by atoms with Crippen molar-refractivity contribution in [2.75, 3.05) is 0 Å². The summed E-state index contributed by atoms with van der Waals surface area (Å²) in [6.07, 6.45) is -3.74. The van der Waals surface area contributed by atoms with Gasteiger partial charge < -0.3 is 10.1 Å². The third-order valence-corrected chi connectivity index (χ3v) is 5.18. The lowest BCUT2D eigenvalue weighted by Crippen LogP contribution is -2.22. The lowest BCUT2D eigenvalue weighted by molar-refractivity contribution is -0.137. The number of hydrogen-bond acceptors (Lipinski definition) is 5. The molecule has 0 radical (unpaired) electrons. The topological polar surface area (TPSA) is 64.1 Å². The molecule has 0 aliphatic heterocycles. The molecule has 0 aliphatic rings. The summed E-state index contributed by atoms with van der Waals surface area (Å²) < 4.78 is 44.2. The Morgan fingerprint density at radius 3 is 2.47 bits per heavy atom. The quantitative estimate of drug-likeness (QED) is 0.459. The molecule has 0 saturated carbocycles. The van der Waals surface area contributed by atoms with Crippen LogP contribution in [0.4, 0.5) is 13.2 Å². The van der Waals surface area contributed by atoms with Crippen LogP contribution in [0.1, 0.15) is 20.9 Å². The molecule has 4 rings (SSSR count). The first-order valence-corrected chi connectivity index (χ1v) is 9.64. The van der Waals surface area contributed by atoms with Crippen molar-refractivity contribution in [1.29, 1.82) is 0 Å². The molecule has 0 bridgehead atoms. The molecule has 0 saturated heterocycles. The molecular weight excluding hydrogens is 415 g/mol. The van der Waals surface area contributed by atoms with Crippen LogP contribution in [0.5, 0.6) is 11.6 Å². The number of carbonyl (C=O) groups is 1. The van der Waals surface area contributed by atoms with Gasteiger partial charge in [-0.05, 0) is 42.5 Å². The van der Waals surface area contributed by atoms with E-state index in [1.54, 1.807) is 24.3 Å². The zero-order valence-corrected chi connectivity index (χ0v) is 16.1. The van der Waals surface area contributed by atoms with Crippen molar-refractivity contribution in [1.82, 2.24) is 15.3 Å². The molecule has 1 N–H and O–H groups in total. The Labute approximate surface area is 173 Å². The maximum atomic E-state index is 12.6. The van der Waals surface area contributed by atoms with Gasteiger partial charge in [0.05, 0.1) is 22.3 Å². The summed E-state index contributed by atoms with van der Waals surface area (Å²) in [5, 5.41) is 3.62. The second-order valence-electron chi connectivity index (χ2n) is 6.27. The number of rotatable bonds is 5. The number of halogens is 3. The Hall–Kier alpha value is -3.46. The summed E-state index contributed by atoms with van der Waals surface area (Å²) >= 11 is 1.52. The molecule has 152 valence electrons. The van der Waals surface area contributed by atoms with Crippen molar-refractivity contribution >= 4 is 27.5 Å². The summed E-state index contributed by atoms with van der Waals surface area (Å²) in [5.41, 5.74) is 0.462. The highest BCUT2D eigenvalue weighted by atomic mass is 32.1. The number of nitrogens with zero attached hydrogens (tertiary/aromatic N) is 2. The number of amides is 1. The van der Waals surface area contributed by atoms with Crippen molar-refractivity contribution in [2.45, 2.75) is 12.7 Å². The van der Waals surface area contributed by atoms with Crippen molar-refractivity contribution in [3.8, 4) is 11.6 Å². The molecular formula is C21H14F3N3O2S. The number of alkyl halides is 3. The molecule has 0 aliphatic carbocycles. The smallest absolute Gasteiger partial charge is 0.417 e. The van der Waals surface area contributed by atoms with Crippen LogP contribution in [0, 0.1) is 0 Å². The molecule has 5 nitrogen and oxygen atoms in total. The van der Waals surface area contributed by atoms with Crippen LogP contribution < -0.4 is 10.1 Å². The van der Waals surface area contributed by atoms with E-state index in [4.69, 9.17) is 4.74 Å². The number of aromatic nitrogens is 2. The van der Waals surface area contributed by atoms with Gasteiger partial charge in [0.25, 0.3) is 5.91 Å². The van der Waals surface area contributed by atoms with E-state index in [-0.39, 0.29) is 11.8 Å². The minimum Gasteiger partial charge on any atom is -0.439 e. The third kappa shape index (κ3) is 4.57. The third-order valence-electron chi connectivity index (χ3n) is 4.14. The SMILES string of the molecule is O=C(NCc1nc2ccccc2s1)c1ccc(Oc2ccc(C(F)(F)F)cn2)cc1. The fraction of sp³-hybridized carbons (Fsp3) is 0.0952. The largest absolute Gasteiger partial charge is 0.439 e. The number of fused-ring (bicyclic) bond motifs is 1. The Morgan fingerprint density at radius 1 is 1.03 bits per heavy atom. The fourth-order valence-corrected chi connectivity index (χ4v) is 3.56. The van der Waals surface area contributed by atoms with Gasteiger partial charge >= 0.3 is 6.18 Å². The zero-order valence-electron chi connectivity index (χ0n) is 15.3. The first kappa shape index (κ1) is 19.8. The lowest BCUT2D eigenvalue weighted by atomic mass is 10.2. The summed E-state index contributed by atoms with van der Waals surface area (Å²) in [5.74, 6) is 0.106. The van der Waals surface area contributed by atoms with Gasteiger partial charge in [0.15, 0.2) is 0 Å². The molecule has 0 atom stereocenters. The van der Waals surface area contributed by atoms with Crippen LogP contribution in [0.15, 0.2) is 66.9 Å². The van der Waals surface area contributed by atoms with E-state index in [0.29, 0.717) is 24.1 Å². The molecule has 9 heteroatoms. The van der Waals surface area contributed by atoms with Gasteiger partial charge in [-0.15, -0.1) is 11.3 Å². The van der Waals surface area contributed by atoms with E-state index < -0.39 is 11.7 Å². The van der Waals surface area contributed by atoms with Crippen molar-refractivity contribution in [3.05, 3.63) is 83.0 Å². The van der Waals surface area contributed by atoms with E-state index in [9.17, 15) is 18.0 Å². The highest BCUT2D eigenvalue weighted by molar-refractivity contribution is 7.18. The van der Waals surface area contributed by atoms with Crippen LogP contribution >= 0.6 is 11.3 Å².